The fraction of sp³-hybridized carbons (Fsp3) is 0.611. The SMILES string of the molecule is CCC/C(C(=O)NC1CC1)=C1/N=C(Cl)C=C(N(C)C(=O)OC(C)(C)C)N1N. The molecule has 1 heterocycles. The summed E-state index contributed by atoms with van der Waals surface area (Å²) in [4.78, 5) is 30.5. The molecule has 1 aliphatic carbocycles. The van der Waals surface area contributed by atoms with Crippen molar-refractivity contribution < 1.29 is 14.3 Å². The van der Waals surface area contributed by atoms with Crippen LogP contribution in [0.4, 0.5) is 4.79 Å². The van der Waals surface area contributed by atoms with E-state index in [0.29, 0.717) is 12.0 Å². The van der Waals surface area contributed by atoms with Crippen LogP contribution >= 0.6 is 11.6 Å². The van der Waals surface area contributed by atoms with E-state index in [1.54, 1.807) is 20.8 Å². The van der Waals surface area contributed by atoms with Crippen molar-refractivity contribution in [2.75, 3.05) is 7.05 Å². The molecule has 0 atom stereocenters. The Morgan fingerprint density at radius 3 is 2.59 bits per heavy atom. The van der Waals surface area contributed by atoms with Crippen LogP contribution in [0.5, 0.6) is 0 Å². The van der Waals surface area contributed by atoms with E-state index in [1.165, 1.54) is 23.0 Å². The Balaban J connectivity index is 2.32. The Morgan fingerprint density at radius 2 is 2.07 bits per heavy atom. The first-order valence-corrected chi connectivity index (χ1v) is 9.42. The van der Waals surface area contributed by atoms with Gasteiger partial charge in [-0.05, 0) is 40.0 Å². The van der Waals surface area contributed by atoms with Gasteiger partial charge in [0, 0.05) is 19.2 Å². The molecule has 0 radical (unpaired) electrons. The summed E-state index contributed by atoms with van der Waals surface area (Å²) in [5, 5.41) is 4.28. The summed E-state index contributed by atoms with van der Waals surface area (Å²) < 4.78 is 5.37. The number of carbonyl (C=O) groups is 2. The van der Waals surface area contributed by atoms with E-state index in [2.05, 4.69) is 10.3 Å². The topological polar surface area (TPSA) is 100 Å². The number of carbonyl (C=O) groups excluding carboxylic acids is 2. The average Bonchev–Trinajstić information content (AvgIpc) is 3.36. The number of nitrogens with two attached hydrogens (primary N) is 1. The molecule has 2 rings (SSSR count). The molecule has 150 valence electrons. The summed E-state index contributed by atoms with van der Waals surface area (Å²) >= 11 is 6.17. The molecule has 8 nitrogen and oxygen atoms in total. The van der Waals surface area contributed by atoms with E-state index in [0.717, 1.165) is 19.3 Å². The van der Waals surface area contributed by atoms with E-state index < -0.39 is 11.7 Å². The second-order valence-electron chi connectivity index (χ2n) is 7.65. The van der Waals surface area contributed by atoms with Crippen LogP contribution in [0, 0.1) is 0 Å². The van der Waals surface area contributed by atoms with Gasteiger partial charge in [0.15, 0.2) is 5.82 Å². The van der Waals surface area contributed by atoms with Crippen LogP contribution < -0.4 is 11.2 Å². The molecule has 3 N–H and O–H groups in total. The lowest BCUT2D eigenvalue weighted by Crippen LogP contribution is -2.44. The van der Waals surface area contributed by atoms with Gasteiger partial charge in [0.1, 0.15) is 16.6 Å². The summed E-state index contributed by atoms with van der Waals surface area (Å²) in [6.45, 7) is 7.28. The summed E-state index contributed by atoms with van der Waals surface area (Å²) in [5.74, 6) is 6.51. The number of hydrogen-bond donors (Lipinski definition) is 2. The average molecular weight is 398 g/mol. The molecular weight excluding hydrogens is 370 g/mol. The molecule has 0 aromatic rings. The van der Waals surface area contributed by atoms with Crippen molar-refractivity contribution in [1.82, 2.24) is 15.2 Å². The van der Waals surface area contributed by atoms with Crippen molar-refractivity contribution >= 4 is 28.8 Å². The zero-order chi connectivity index (χ0) is 20.4. The van der Waals surface area contributed by atoms with Gasteiger partial charge in [-0.25, -0.2) is 20.6 Å². The molecule has 0 bridgehead atoms. The van der Waals surface area contributed by atoms with Crippen LogP contribution in [-0.4, -0.2) is 45.8 Å². The Kier molecular flexibility index (Phi) is 6.54. The van der Waals surface area contributed by atoms with Crippen LogP contribution in [0.1, 0.15) is 53.4 Å². The van der Waals surface area contributed by atoms with Crippen molar-refractivity contribution in [2.24, 2.45) is 10.8 Å². The molecule has 0 unspecified atom stereocenters. The highest BCUT2D eigenvalue weighted by Crippen LogP contribution is 2.27. The summed E-state index contributed by atoms with van der Waals surface area (Å²) in [6.07, 6.45) is 4.04. The third kappa shape index (κ3) is 5.71. The summed E-state index contributed by atoms with van der Waals surface area (Å²) in [5.41, 5.74) is -0.220. The number of halogens is 1. The van der Waals surface area contributed by atoms with E-state index in [9.17, 15) is 9.59 Å². The van der Waals surface area contributed by atoms with Crippen molar-refractivity contribution in [3.8, 4) is 0 Å². The number of aliphatic imine (C=N–C) groups is 1. The molecule has 0 aromatic carbocycles. The minimum absolute atomic E-state index is 0.130. The molecule has 9 heteroatoms. The fourth-order valence-electron chi connectivity index (χ4n) is 2.44. The number of rotatable bonds is 5. The zero-order valence-electron chi connectivity index (χ0n) is 16.5. The highest BCUT2D eigenvalue weighted by molar-refractivity contribution is 6.68. The Hall–Kier alpha value is -2.06. The predicted molar refractivity (Wildman–Crippen MR) is 104 cm³/mol. The Bertz CT molecular complexity index is 704. The minimum Gasteiger partial charge on any atom is -0.443 e. The van der Waals surface area contributed by atoms with Gasteiger partial charge in [0.2, 0.25) is 0 Å². The van der Waals surface area contributed by atoms with Gasteiger partial charge in [0.25, 0.3) is 5.91 Å². The largest absolute Gasteiger partial charge is 0.443 e. The summed E-state index contributed by atoms with van der Waals surface area (Å²) in [6, 6.07) is 0.207. The first-order chi connectivity index (χ1) is 12.5. The quantitative estimate of drug-likeness (QED) is 0.548. The number of hydrogen-bond acceptors (Lipinski definition) is 6. The van der Waals surface area contributed by atoms with Gasteiger partial charge < -0.3 is 10.1 Å². The van der Waals surface area contributed by atoms with Gasteiger partial charge in [0.05, 0.1) is 5.57 Å². The third-order valence-electron chi connectivity index (χ3n) is 3.90. The third-order valence-corrected chi connectivity index (χ3v) is 4.10. The van der Waals surface area contributed by atoms with Crippen molar-refractivity contribution in [1.29, 1.82) is 0 Å². The predicted octanol–water partition coefficient (Wildman–Crippen LogP) is 2.81. The lowest BCUT2D eigenvalue weighted by atomic mass is 10.1. The van der Waals surface area contributed by atoms with E-state index in [-0.39, 0.29) is 28.8 Å². The van der Waals surface area contributed by atoms with E-state index in [1.807, 2.05) is 6.92 Å². The normalized spacial score (nSPS) is 19.1. The maximum Gasteiger partial charge on any atom is 0.415 e. The molecule has 0 aromatic heterocycles. The Morgan fingerprint density at radius 1 is 1.44 bits per heavy atom. The van der Waals surface area contributed by atoms with Crippen LogP contribution in [0.15, 0.2) is 28.3 Å². The van der Waals surface area contributed by atoms with Gasteiger partial charge in [-0.3, -0.25) is 9.69 Å². The first kappa shape index (κ1) is 21.2. The molecule has 2 aliphatic rings. The number of nitrogens with one attached hydrogen (secondary N) is 1. The van der Waals surface area contributed by atoms with E-state index in [4.69, 9.17) is 22.2 Å². The first-order valence-electron chi connectivity index (χ1n) is 9.05. The molecule has 1 saturated carbocycles. The van der Waals surface area contributed by atoms with Crippen LogP contribution in [0.2, 0.25) is 0 Å². The highest BCUT2D eigenvalue weighted by Gasteiger charge is 2.31. The molecule has 1 aliphatic heterocycles. The van der Waals surface area contributed by atoms with Crippen molar-refractivity contribution in [3.63, 3.8) is 0 Å². The maximum absolute atomic E-state index is 12.6. The molecule has 2 amide bonds. The van der Waals surface area contributed by atoms with E-state index >= 15 is 0 Å². The van der Waals surface area contributed by atoms with Gasteiger partial charge in [-0.1, -0.05) is 24.9 Å². The lowest BCUT2D eigenvalue weighted by Gasteiger charge is -2.33. The molecule has 27 heavy (non-hydrogen) atoms. The van der Waals surface area contributed by atoms with Gasteiger partial charge in [-0.15, -0.1) is 0 Å². The van der Waals surface area contributed by atoms with Crippen LogP contribution in [-0.2, 0) is 9.53 Å². The van der Waals surface area contributed by atoms with Crippen molar-refractivity contribution in [3.05, 3.63) is 23.3 Å². The van der Waals surface area contributed by atoms with Crippen molar-refractivity contribution in [2.45, 2.75) is 65.0 Å². The number of hydrazine groups is 1. The molecule has 1 fully saturated rings. The summed E-state index contributed by atoms with van der Waals surface area (Å²) in [7, 11) is 1.52. The number of nitrogens with zero attached hydrogens (tertiary/aromatic N) is 3. The van der Waals surface area contributed by atoms with Crippen LogP contribution in [0.3, 0.4) is 0 Å². The number of amides is 2. The fourth-order valence-corrected chi connectivity index (χ4v) is 2.62. The number of ether oxygens (including phenoxy) is 1. The standard InChI is InChI=1S/C18H28ClN5O3/c1-6-7-12(16(25)21-11-8-9-11)15-22-13(19)10-14(24(15)20)23(5)17(26)27-18(2,3)4/h10-11H,6-9,20H2,1-5H3,(H,21,25)/b15-12+. The smallest absolute Gasteiger partial charge is 0.415 e. The second-order valence-corrected chi connectivity index (χ2v) is 8.03. The molecule has 0 spiro atoms. The van der Waals surface area contributed by atoms with Gasteiger partial charge >= 0.3 is 6.09 Å². The zero-order valence-corrected chi connectivity index (χ0v) is 17.3. The Labute approximate surface area is 165 Å². The van der Waals surface area contributed by atoms with Crippen LogP contribution in [0.25, 0.3) is 0 Å². The highest BCUT2D eigenvalue weighted by atomic mass is 35.5. The minimum atomic E-state index is -0.659. The maximum atomic E-state index is 12.6. The molecular formula is C18H28ClN5O3. The monoisotopic (exact) mass is 397 g/mol. The van der Waals surface area contributed by atoms with Gasteiger partial charge in [-0.2, -0.15) is 0 Å². The lowest BCUT2D eigenvalue weighted by molar-refractivity contribution is -0.117. The second kappa shape index (κ2) is 8.31. The number of allylic oxidation sites excluding steroid dienone is 1. The molecule has 0 saturated heterocycles.